The number of benzene rings is 2. The first-order valence-electron chi connectivity index (χ1n) is 11.1. The third-order valence-electron chi connectivity index (χ3n) is 5.87. The Morgan fingerprint density at radius 3 is 2.33 bits per heavy atom. The van der Waals surface area contributed by atoms with Gasteiger partial charge in [0.1, 0.15) is 0 Å². The standard InChI is InChI=1S/C26H35N3O/c1-4-28(5-2)26(30)25-17-24(20-29(25)19-23-14-10-7-11-15-23)27-18-21(3)16-22-12-8-6-9-13-22/h6-16,24-25,27H,4-5,17-20H2,1-3H3/t24-,25+/m1/s1. The number of likely N-dealkylation sites (tertiary alicyclic amines) is 1. The summed E-state index contributed by atoms with van der Waals surface area (Å²) in [5, 5.41) is 3.70. The number of nitrogens with zero attached hydrogens (tertiary/aromatic N) is 2. The lowest BCUT2D eigenvalue weighted by molar-refractivity contribution is -0.135. The third-order valence-corrected chi connectivity index (χ3v) is 5.87. The number of rotatable bonds is 9. The minimum Gasteiger partial charge on any atom is -0.342 e. The monoisotopic (exact) mass is 405 g/mol. The molecular formula is C26H35N3O. The molecule has 4 heteroatoms. The summed E-state index contributed by atoms with van der Waals surface area (Å²) >= 11 is 0. The van der Waals surface area contributed by atoms with Crippen LogP contribution in [0.4, 0.5) is 0 Å². The van der Waals surface area contributed by atoms with Crippen molar-refractivity contribution in [3.8, 4) is 0 Å². The molecule has 0 aliphatic carbocycles. The normalized spacial score (nSPS) is 19.8. The van der Waals surface area contributed by atoms with Gasteiger partial charge in [0, 0.05) is 38.8 Å². The van der Waals surface area contributed by atoms with E-state index in [0.717, 1.165) is 39.1 Å². The number of likely N-dealkylation sites (N-methyl/N-ethyl adjacent to an activating group) is 1. The van der Waals surface area contributed by atoms with Crippen LogP contribution in [0.15, 0.2) is 66.2 Å². The largest absolute Gasteiger partial charge is 0.342 e. The molecule has 0 bridgehead atoms. The zero-order chi connectivity index (χ0) is 21.3. The van der Waals surface area contributed by atoms with Crippen molar-refractivity contribution >= 4 is 12.0 Å². The molecule has 0 unspecified atom stereocenters. The fourth-order valence-electron chi connectivity index (χ4n) is 4.24. The lowest BCUT2D eigenvalue weighted by Gasteiger charge is -2.28. The van der Waals surface area contributed by atoms with Crippen molar-refractivity contribution in [1.82, 2.24) is 15.1 Å². The van der Waals surface area contributed by atoms with Gasteiger partial charge in [0.05, 0.1) is 6.04 Å². The maximum absolute atomic E-state index is 13.2. The molecule has 0 spiro atoms. The molecule has 1 amide bonds. The highest BCUT2D eigenvalue weighted by molar-refractivity contribution is 5.82. The summed E-state index contributed by atoms with van der Waals surface area (Å²) in [5.41, 5.74) is 3.79. The van der Waals surface area contributed by atoms with Gasteiger partial charge in [0.15, 0.2) is 0 Å². The van der Waals surface area contributed by atoms with Crippen LogP contribution in [0.25, 0.3) is 6.08 Å². The molecular weight excluding hydrogens is 370 g/mol. The molecule has 160 valence electrons. The molecule has 0 aromatic heterocycles. The van der Waals surface area contributed by atoms with Crippen LogP contribution in [0.5, 0.6) is 0 Å². The van der Waals surface area contributed by atoms with Gasteiger partial charge in [-0.05, 0) is 38.3 Å². The Morgan fingerprint density at radius 1 is 1.07 bits per heavy atom. The molecule has 4 nitrogen and oxygen atoms in total. The molecule has 1 saturated heterocycles. The van der Waals surface area contributed by atoms with Gasteiger partial charge < -0.3 is 10.2 Å². The summed E-state index contributed by atoms with van der Waals surface area (Å²) in [6.07, 6.45) is 3.09. The molecule has 2 aromatic rings. The average molecular weight is 406 g/mol. The topological polar surface area (TPSA) is 35.6 Å². The smallest absolute Gasteiger partial charge is 0.239 e. The molecule has 30 heavy (non-hydrogen) atoms. The van der Waals surface area contributed by atoms with E-state index >= 15 is 0 Å². The molecule has 0 saturated carbocycles. The Kier molecular flexibility index (Phi) is 8.23. The second-order valence-electron chi connectivity index (χ2n) is 8.16. The second-order valence-corrected chi connectivity index (χ2v) is 8.16. The third kappa shape index (κ3) is 6.04. The van der Waals surface area contributed by atoms with E-state index in [-0.39, 0.29) is 11.9 Å². The first-order valence-corrected chi connectivity index (χ1v) is 11.1. The summed E-state index contributed by atoms with van der Waals surface area (Å²) in [6.45, 7) is 10.4. The van der Waals surface area contributed by atoms with E-state index in [4.69, 9.17) is 0 Å². The van der Waals surface area contributed by atoms with Crippen LogP contribution in [0.3, 0.4) is 0 Å². The summed E-state index contributed by atoms with van der Waals surface area (Å²) in [6, 6.07) is 21.1. The maximum Gasteiger partial charge on any atom is 0.239 e. The molecule has 1 aliphatic heterocycles. The van der Waals surface area contributed by atoms with E-state index in [1.165, 1.54) is 16.7 Å². The second kappa shape index (κ2) is 11.1. The van der Waals surface area contributed by atoms with E-state index in [1.807, 2.05) is 17.0 Å². The van der Waals surface area contributed by atoms with Crippen LogP contribution in [-0.4, -0.2) is 54.0 Å². The first kappa shape index (κ1) is 22.3. The summed E-state index contributed by atoms with van der Waals surface area (Å²) in [4.78, 5) is 17.5. The first-order chi connectivity index (χ1) is 14.6. The van der Waals surface area contributed by atoms with E-state index < -0.39 is 0 Å². The van der Waals surface area contributed by atoms with Crippen molar-refractivity contribution in [3.63, 3.8) is 0 Å². The Morgan fingerprint density at radius 2 is 1.70 bits per heavy atom. The fourth-order valence-corrected chi connectivity index (χ4v) is 4.24. The molecule has 2 atom stereocenters. The van der Waals surface area contributed by atoms with Crippen molar-refractivity contribution in [3.05, 3.63) is 77.4 Å². The van der Waals surface area contributed by atoms with Gasteiger partial charge in [-0.2, -0.15) is 0 Å². The SMILES string of the molecule is CCN(CC)C(=O)[C@@H]1C[C@@H](NCC(C)=Cc2ccccc2)CN1Cc1ccccc1. The van der Waals surface area contributed by atoms with E-state index in [1.54, 1.807) is 0 Å². The van der Waals surface area contributed by atoms with Crippen molar-refractivity contribution < 1.29 is 4.79 Å². The van der Waals surface area contributed by atoms with Gasteiger partial charge in [-0.25, -0.2) is 0 Å². The predicted molar refractivity (Wildman–Crippen MR) is 125 cm³/mol. The van der Waals surface area contributed by atoms with Crippen LogP contribution in [0.1, 0.15) is 38.3 Å². The Balaban J connectivity index is 1.66. The summed E-state index contributed by atoms with van der Waals surface area (Å²) in [5.74, 6) is 0.261. The van der Waals surface area contributed by atoms with Gasteiger partial charge in [-0.15, -0.1) is 0 Å². The molecule has 2 aromatic carbocycles. The van der Waals surface area contributed by atoms with Gasteiger partial charge in [0.25, 0.3) is 0 Å². The Bertz CT molecular complexity index is 815. The summed E-state index contributed by atoms with van der Waals surface area (Å²) in [7, 11) is 0. The van der Waals surface area contributed by atoms with Crippen LogP contribution >= 0.6 is 0 Å². The highest BCUT2D eigenvalue weighted by Crippen LogP contribution is 2.23. The van der Waals surface area contributed by atoms with E-state index in [0.29, 0.717) is 6.04 Å². The van der Waals surface area contributed by atoms with Gasteiger partial charge in [0.2, 0.25) is 5.91 Å². The van der Waals surface area contributed by atoms with Crippen molar-refractivity contribution in [2.75, 3.05) is 26.2 Å². The van der Waals surface area contributed by atoms with Crippen LogP contribution in [-0.2, 0) is 11.3 Å². The lowest BCUT2D eigenvalue weighted by atomic mass is 10.1. The van der Waals surface area contributed by atoms with Crippen molar-refractivity contribution in [2.24, 2.45) is 0 Å². The molecule has 1 heterocycles. The van der Waals surface area contributed by atoms with E-state index in [9.17, 15) is 4.79 Å². The highest BCUT2D eigenvalue weighted by Gasteiger charge is 2.37. The van der Waals surface area contributed by atoms with Crippen LogP contribution in [0, 0.1) is 0 Å². The molecule has 0 radical (unpaired) electrons. The lowest BCUT2D eigenvalue weighted by Crippen LogP contribution is -2.45. The number of nitrogens with one attached hydrogen (secondary N) is 1. The summed E-state index contributed by atoms with van der Waals surface area (Å²) < 4.78 is 0. The van der Waals surface area contributed by atoms with Crippen LogP contribution < -0.4 is 5.32 Å². The Hall–Kier alpha value is -2.43. The zero-order valence-corrected chi connectivity index (χ0v) is 18.6. The van der Waals surface area contributed by atoms with Gasteiger partial charge in [-0.3, -0.25) is 9.69 Å². The maximum atomic E-state index is 13.2. The van der Waals surface area contributed by atoms with Crippen LogP contribution in [0.2, 0.25) is 0 Å². The minimum atomic E-state index is -0.0546. The number of carbonyl (C=O) groups is 1. The number of hydrogen-bond acceptors (Lipinski definition) is 3. The fraction of sp³-hybridized carbons (Fsp3) is 0.423. The highest BCUT2D eigenvalue weighted by atomic mass is 16.2. The minimum absolute atomic E-state index is 0.0546. The van der Waals surface area contributed by atoms with E-state index in [2.05, 4.69) is 85.6 Å². The van der Waals surface area contributed by atoms with Crippen molar-refractivity contribution in [2.45, 2.75) is 45.8 Å². The average Bonchev–Trinajstić information content (AvgIpc) is 3.17. The molecule has 1 fully saturated rings. The van der Waals surface area contributed by atoms with Gasteiger partial charge in [-0.1, -0.05) is 72.3 Å². The number of amides is 1. The number of carbonyl (C=O) groups excluding carboxylic acids is 1. The molecule has 1 N–H and O–H groups in total. The van der Waals surface area contributed by atoms with Crippen molar-refractivity contribution in [1.29, 1.82) is 0 Å². The number of hydrogen-bond donors (Lipinski definition) is 1. The zero-order valence-electron chi connectivity index (χ0n) is 18.6. The Labute approximate surface area is 181 Å². The van der Waals surface area contributed by atoms with Gasteiger partial charge >= 0.3 is 0 Å². The molecule has 1 aliphatic rings. The predicted octanol–water partition coefficient (Wildman–Crippen LogP) is 4.19. The quantitative estimate of drug-likeness (QED) is 0.679. The molecule has 3 rings (SSSR count).